The second kappa shape index (κ2) is 9.13. The summed E-state index contributed by atoms with van der Waals surface area (Å²) in [6.07, 6.45) is -3.19. The topological polar surface area (TPSA) is 90.2 Å². The van der Waals surface area contributed by atoms with Gasteiger partial charge in [-0.05, 0) is 47.6 Å². The molecule has 1 aliphatic rings. The Morgan fingerprint density at radius 1 is 0.966 bits per heavy atom. The van der Waals surface area contributed by atoms with Crippen LogP contribution >= 0.6 is 11.6 Å². The van der Waals surface area contributed by atoms with E-state index in [0.29, 0.717) is 23.4 Å². The Morgan fingerprint density at radius 3 is 2.21 bits per heavy atom. The molecule has 2 aromatic rings. The van der Waals surface area contributed by atoms with Gasteiger partial charge in [0.05, 0.1) is 6.61 Å². The fourth-order valence-electron chi connectivity index (χ4n) is 4.06. The van der Waals surface area contributed by atoms with Crippen LogP contribution < -0.4 is 0 Å². The number of hydrogen-bond acceptors (Lipinski definition) is 5. The number of halogens is 1. The van der Waals surface area contributed by atoms with E-state index in [0.717, 1.165) is 17.5 Å². The zero-order valence-corrected chi connectivity index (χ0v) is 17.5. The largest absolute Gasteiger partial charge is 0.394 e. The van der Waals surface area contributed by atoms with Crippen LogP contribution in [0.15, 0.2) is 42.5 Å². The molecule has 0 aliphatic carbocycles. The highest BCUT2D eigenvalue weighted by atomic mass is 35.5. The molecule has 2 aromatic carbocycles. The first-order chi connectivity index (χ1) is 13.9. The summed E-state index contributed by atoms with van der Waals surface area (Å²) in [7, 11) is 0. The Morgan fingerprint density at radius 2 is 1.62 bits per heavy atom. The molecule has 5 atom stereocenters. The standard InChI is InChI=1S/C23H29ClO5/c1-3-14-5-7-15(8-6-14)11-16-12-17(9-10-18(16)24)23(4-2)22(28)21(27)20(26)19(13-25)29-23/h5-10,12,19-22,25-28H,3-4,11,13H2,1-2H3/t19-,20-,21+,22-,23+/m1/s1. The van der Waals surface area contributed by atoms with Gasteiger partial charge in [-0.25, -0.2) is 0 Å². The van der Waals surface area contributed by atoms with Crippen molar-refractivity contribution >= 4 is 11.6 Å². The maximum atomic E-state index is 10.8. The lowest BCUT2D eigenvalue weighted by Gasteiger charge is -2.48. The number of aryl methyl sites for hydroxylation is 1. The third kappa shape index (κ3) is 4.22. The summed E-state index contributed by atoms with van der Waals surface area (Å²) >= 11 is 6.44. The fourth-order valence-corrected chi connectivity index (χ4v) is 4.24. The summed E-state index contributed by atoms with van der Waals surface area (Å²) in [6, 6.07) is 13.7. The smallest absolute Gasteiger partial charge is 0.122 e. The number of rotatable bonds is 6. The maximum Gasteiger partial charge on any atom is 0.122 e. The van der Waals surface area contributed by atoms with Gasteiger partial charge in [0.1, 0.15) is 30.0 Å². The molecule has 0 unspecified atom stereocenters. The highest BCUT2D eigenvalue weighted by Crippen LogP contribution is 2.42. The number of aliphatic hydroxyl groups excluding tert-OH is 4. The van der Waals surface area contributed by atoms with Crippen LogP contribution in [0.4, 0.5) is 0 Å². The quantitative estimate of drug-likeness (QED) is 0.576. The molecule has 0 aromatic heterocycles. The molecule has 158 valence electrons. The zero-order chi connectivity index (χ0) is 21.2. The van der Waals surface area contributed by atoms with Crippen LogP contribution in [0.5, 0.6) is 0 Å². The van der Waals surface area contributed by atoms with Gasteiger partial charge in [-0.2, -0.15) is 0 Å². The summed E-state index contributed by atoms with van der Waals surface area (Å²) in [5.74, 6) is 0. The van der Waals surface area contributed by atoms with Crippen molar-refractivity contribution in [2.75, 3.05) is 6.61 Å². The SMILES string of the molecule is CCc1ccc(Cc2cc([C@]3(CC)O[C@H](CO)[C@@H](O)[C@H](O)[C@H]3O)ccc2Cl)cc1. The Labute approximate surface area is 176 Å². The van der Waals surface area contributed by atoms with Crippen LogP contribution in [0, 0.1) is 0 Å². The van der Waals surface area contributed by atoms with Crippen LogP contribution in [-0.4, -0.2) is 51.4 Å². The minimum absolute atomic E-state index is 0.348. The average Bonchev–Trinajstić information content (AvgIpc) is 2.75. The van der Waals surface area contributed by atoms with Crippen molar-refractivity contribution in [2.45, 2.75) is 63.1 Å². The van der Waals surface area contributed by atoms with Gasteiger partial charge in [-0.3, -0.25) is 0 Å². The molecule has 0 spiro atoms. The molecular weight excluding hydrogens is 392 g/mol. The van der Waals surface area contributed by atoms with E-state index in [-0.39, 0.29) is 0 Å². The van der Waals surface area contributed by atoms with Crippen molar-refractivity contribution in [3.05, 3.63) is 69.7 Å². The highest BCUT2D eigenvalue weighted by Gasteiger charge is 2.53. The molecule has 1 saturated heterocycles. The average molecular weight is 421 g/mol. The van der Waals surface area contributed by atoms with E-state index >= 15 is 0 Å². The number of ether oxygens (including phenoxy) is 1. The monoisotopic (exact) mass is 420 g/mol. The second-order valence-corrected chi connectivity index (χ2v) is 8.07. The maximum absolute atomic E-state index is 10.8. The predicted octanol–water partition coefficient (Wildman–Crippen LogP) is 2.57. The van der Waals surface area contributed by atoms with Crippen molar-refractivity contribution < 1.29 is 25.2 Å². The first-order valence-corrected chi connectivity index (χ1v) is 10.4. The molecule has 6 heteroatoms. The molecule has 29 heavy (non-hydrogen) atoms. The molecule has 1 aliphatic heterocycles. The molecule has 0 amide bonds. The lowest BCUT2D eigenvalue weighted by molar-refractivity contribution is -0.280. The van der Waals surface area contributed by atoms with Crippen LogP contribution in [-0.2, 0) is 23.2 Å². The molecule has 0 radical (unpaired) electrons. The Bertz CT molecular complexity index is 823. The van der Waals surface area contributed by atoms with Crippen molar-refractivity contribution in [2.24, 2.45) is 0 Å². The third-order valence-electron chi connectivity index (χ3n) is 5.96. The van der Waals surface area contributed by atoms with E-state index < -0.39 is 36.6 Å². The Kier molecular flexibility index (Phi) is 6.99. The van der Waals surface area contributed by atoms with Crippen molar-refractivity contribution in [1.29, 1.82) is 0 Å². The molecule has 3 rings (SSSR count). The van der Waals surface area contributed by atoms with Gasteiger partial charge in [0.15, 0.2) is 0 Å². The van der Waals surface area contributed by atoms with Crippen LogP contribution in [0.25, 0.3) is 0 Å². The fraction of sp³-hybridized carbons (Fsp3) is 0.478. The molecule has 5 nitrogen and oxygen atoms in total. The third-order valence-corrected chi connectivity index (χ3v) is 6.33. The normalized spacial score (nSPS) is 29.8. The summed E-state index contributed by atoms with van der Waals surface area (Å²) < 4.78 is 5.98. The first kappa shape index (κ1) is 22.2. The lowest BCUT2D eigenvalue weighted by atomic mass is 9.77. The van der Waals surface area contributed by atoms with Gasteiger partial charge in [-0.1, -0.05) is 61.8 Å². The minimum atomic E-state index is -1.43. The van der Waals surface area contributed by atoms with Crippen molar-refractivity contribution in [3.63, 3.8) is 0 Å². The lowest BCUT2D eigenvalue weighted by Crippen LogP contribution is -2.63. The summed E-state index contributed by atoms with van der Waals surface area (Å²) in [5, 5.41) is 41.4. The van der Waals surface area contributed by atoms with E-state index in [4.69, 9.17) is 16.3 Å². The summed E-state index contributed by atoms with van der Waals surface area (Å²) in [6.45, 7) is 3.48. The molecule has 0 bridgehead atoms. The van der Waals surface area contributed by atoms with E-state index in [1.54, 1.807) is 12.1 Å². The number of hydrogen-bond donors (Lipinski definition) is 4. The highest BCUT2D eigenvalue weighted by molar-refractivity contribution is 6.31. The van der Waals surface area contributed by atoms with Gasteiger partial charge in [0, 0.05) is 5.02 Å². The zero-order valence-electron chi connectivity index (χ0n) is 16.8. The van der Waals surface area contributed by atoms with E-state index in [9.17, 15) is 20.4 Å². The number of benzene rings is 2. The van der Waals surface area contributed by atoms with Gasteiger partial charge in [-0.15, -0.1) is 0 Å². The van der Waals surface area contributed by atoms with Crippen LogP contribution in [0.3, 0.4) is 0 Å². The molecule has 4 N–H and O–H groups in total. The first-order valence-electron chi connectivity index (χ1n) is 10.1. The van der Waals surface area contributed by atoms with Crippen LogP contribution in [0.1, 0.15) is 42.5 Å². The molecular formula is C23H29ClO5. The van der Waals surface area contributed by atoms with Gasteiger partial charge in [0.2, 0.25) is 0 Å². The van der Waals surface area contributed by atoms with E-state index in [1.165, 1.54) is 5.56 Å². The van der Waals surface area contributed by atoms with Crippen molar-refractivity contribution in [1.82, 2.24) is 0 Å². The Hall–Kier alpha value is -1.47. The molecule has 1 fully saturated rings. The summed E-state index contributed by atoms with van der Waals surface area (Å²) in [5.41, 5.74) is 2.65. The Balaban J connectivity index is 1.97. The number of aliphatic hydroxyl groups is 4. The molecule has 1 heterocycles. The molecule has 0 saturated carbocycles. The minimum Gasteiger partial charge on any atom is -0.394 e. The van der Waals surface area contributed by atoms with Crippen molar-refractivity contribution in [3.8, 4) is 0 Å². The summed E-state index contributed by atoms with van der Waals surface area (Å²) in [4.78, 5) is 0. The second-order valence-electron chi connectivity index (χ2n) is 7.66. The van der Waals surface area contributed by atoms with E-state index in [1.807, 2.05) is 13.0 Å². The van der Waals surface area contributed by atoms with Crippen LogP contribution in [0.2, 0.25) is 5.02 Å². The van der Waals surface area contributed by atoms with Gasteiger partial charge in [0.25, 0.3) is 0 Å². The predicted molar refractivity (Wildman–Crippen MR) is 112 cm³/mol. The van der Waals surface area contributed by atoms with E-state index in [2.05, 4.69) is 31.2 Å². The van der Waals surface area contributed by atoms with Gasteiger partial charge >= 0.3 is 0 Å². The van der Waals surface area contributed by atoms with Gasteiger partial charge < -0.3 is 25.2 Å².